The van der Waals surface area contributed by atoms with E-state index in [4.69, 9.17) is 27.6 Å². The van der Waals surface area contributed by atoms with Crippen molar-refractivity contribution in [2.75, 3.05) is 13.1 Å². The van der Waals surface area contributed by atoms with Gasteiger partial charge in [-0.25, -0.2) is 0 Å². The molecule has 0 fully saturated rings. The monoisotopic (exact) mass is 534 g/mol. The maximum Gasteiger partial charge on any atom is 0.255 e. The molecule has 0 unspecified atom stereocenters. The summed E-state index contributed by atoms with van der Waals surface area (Å²) in [6.07, 6.45) is 2.46. The van der Waals surface area contributed by atoms with E-state index < -0.39 is 0 Å². The van der Waals surface area contributed by atoms with Gasteiger partial charge >= 0.3 is 0 Å². The lowest BCUT2D eigenvalue weighted by Gasteiger charge is -2.22. The van der Waals surface area contributed by atoms with Crippen molar-refractivity contribution >= 4 is 35.0 Å². The predicted octanol–water partition coefficient (Wildman–Crippen LogP) is 6.96. The lowest BCUT2D eigenvalue weighted by molar-refractivity contribution is -0.121. The standard InChI is InChI=1S/C30H28Cl2N2O3/c31-24-13-14-27(28(32)20-24)30(36)34(21-25-12-7-19-37-25)18-16-29(35)33-17-15-26(22-8-3-1-4-9-22)23-10-5-2-6-11-23/h1-14,19-20,26H,15-18,21H2,(H,33,35). The van der Waals surface area contributed by atoms with Gasteiger partial charge in [0.25, 0.3) is 5.91 Å². The fourth-order valence-electron chi connectivity index (χ4n) is 4.25. The molecule has 0 radical (unpaired) electrons. The summed E-state index contributed by atoms with van der Waals surface area (Å²) in [6.45, 7) is 0.954. The number of amides is 2. The molecule has 0 saturated heterocycles. The van der Waals surface area contributed by atoms with Crippen LogP contribution in [0.5, 0.6) is 0 Å². The Hall–Kier alpha value is -3.54. The SMILES string of the molecule is O=C(CCN(Cc1ccco1)C(=O)c1ccc(Cl)cc1Cl)NCCC(c1ccccc1)c1ccccc1. The molecular weight excluding hydrogens is 507 g/mol. The van der Waals surface area contributed by atoms with Crippen LogP contribution in [0, 0.1) is 0 Å². The Balaban J connectivity index is 1.37. The average molecular weight is 535 g/mol. The van der Waals surface area contributed by atoms with E-state index in [9.17, 15) is 9.59 Å². The molecule has 190 valence electrons. The third kappa shape index (κ3) is 7.48. The van der Waals surface area contributed by atoms with Crippen LogP contribution in [0.1, 0.15) is 46.0 Å². The normalized spacial score (nSPS) is 10.9. The number of halogens is 2. The Morgan fingerprint density at radius 3 is 2.14 bits per heavy atom. The summed E-state index contributed by atoms with van der Waals surface area (Å²) in [7, 11) is 0. The van der Waals surface area contributed by atoms with Gasteiger partial charge < -0.3 is 14.6 Å². The molecule has 4 rings (SSSR count). The summed E-state index contributed by atoms with van der Waals surface area (Å²) in [6, 6.07) is 28.9. The Labute approximate surface area is 227 Å². The first-order valence-electron chi connectivity index (χ1n) is 12.1. The Morgan fingerprint density at radius 1 is 0.865 bits per heavy atom. The first kappa shape index (κ1) is 26.5. The topological polar surface area (TPSA) is 62.6 Å². The molecule has 0 aliphatic carbocycles. The quantitative estimate of drug-likeness (QED) is 0.226. The number of rotatable bonds is 11. The summed E-state index contributed by atoms with van der Waals surface area (Å²) in [5.74, 6) is 0.373. The average Bonchev–Trinajstić information content (AvgIpc) is 3.43. The zero-order valence-corrected chi connectivity index (χ0v) is 21.8. The van der Waals surface area contributed by atoms with Crippen LogP contribution in [0.4, 0.5) is 0 Å². The highest BCUT2D eigenvalue weighted by molar-refractivity contribution is 6.36. The predicted molar refractivity (Wildman–Crippen MR) is 147 cm³/mol. The number of carbonyl (C=O) groups excluding carboxylic acids is 2. The molecule has 1 N–H and O–H groups in total. The van der Waals surface area contributed by atoms with Crippen LogP contribution in [-0.4, -0.2) is 29.8 Å². The smallest absolute Gasteiger partial charge is 0.255 e. The second kappa shape index (κ2) is 13.1. The van der Waals surface area contributed by atoms with Gasteiger partial charge in [0.1, 0.15) is 5.76 Å². The van der Waals surface area contributed by atoms with Gasteiger partial charge in [0.15, 0.2) is 0 Å². The molecule has 0 spiro atoms. The number of furan rings is 1. The van der Waals surface area contributed by atoms with E-state index in [1.807, 2.05) is 36.4 Å². The van der Waals surface area contributed by atoms with Gasteiger partial charge in [0, 0.05) is 30.5 Å². The van der Waals surface area contributed by atoms with E-state index >= 15 is 0 Å². The Bertz CT molecular complexity index is 1260. The summed E-state index contributed by atoms with van der Waals surface area (Å²) >= 11 is 12.3. The summed E-state index contributed by atoms with van der Waals surface area (Å²) in [5.41, 5.74) is 2.74. The fraction of sp³-hybridized carbons (Fsp3) is 0.200. The van der Waals surface area contributed by atoms with Gasteiger partial charge in [-0.15, -0.1) is 0 Å². The molecule has 2 amide bonds. The van der Waals surface area contributed by atoms with Crippen molar-refractivity contribution in [2.45, 2.75) is 25.3 Å². The van der Waals surface area contributed by atoms with Gasteiger partial charge in [-0.05, 0) is 47.9 Å². The summed E-state index contributed by atoms with van der Waals surface area (Å²) in [5, 5.41) is 3.73. The number of nitrogens with zero attached hydrogens (tertiary/aromatic N) is 1. The van der Waals surface area contributed by atoms with Crippen LogP contribution in [-0.2, 0) is 11.3 Å². The molecule has 7 heteroatoms. The zero-order chi connectivity index (χ0) is 26.0. The molecule has 5 nitrogen and oxygen atoms in total. The first-order valence-corrected chi connectivity index (χ1v) is 12.9. The Kier molecular flexibility index (Phi) is 9.41. The summed E-state index contributed by atoms with van der Waals surface area (Å²) < 4.78 is 5.43. The van der Waals surface area contributed by atoms with Crippen molar-refractivity contribution in [3.05, 3.63) is 130 Å². The molecule has 0 aliphatic heterocycles. The highest BCUT2D eigenvalue weighted by Crippen LogP contribution is 2.27. The number of hydrogen-bond acceptors (Lipinski definition) is 3. The van der Waals surface area contributed by atoms with Crippen molar-refractivity contribution in [3.63, 3.8) is 0 Å². The van der Waals surface area contributed by atoms with Crippen molar-refractivity contribution in [1.29, 1.82) is 0 Å². The van der Waals surface area contributed by atoms with Gasteiger partial charge in [-0.2, -0.15) is 0 Å². The van der Waals surface area contributed by atoms with E-state index in [2.05, 4.69) is 29.6 Å². The largest absolute Gasteiger partial charge is 0.467 e. The summed E-state index contributed by atoms with van der Waals surface area (Å²) in [4.78, 5) is 27.6. The minimum Gasteiger partial charge on any atom is -0.467 e. The van der Waals surface area contributed by atoms with Crippen LogP contribution < -0.4 is 5.32 Å². The molecule has 0 saturated carbocycles. The minimum absolute atomic E-state index is 0.126. The van der Waals surface area contributed by atoms with Crippen LogP contribution in [0.15, 0.2) is 102 Å². The van der Waals surface area contributed by atoms with Crippen LogP contribution in [0.3, 0.4) is 0 Å². The van der Waals surface area contributed by atoms with E-state index in [1.165, 1.54) is 17.2 Å². The molecular formula is C30H28Cl2N2O3. The first-order chi connectivity index (χ1) is 18.0. The van der Waals surface area contributed by atoms with Crippen molar-refractivity contribution in [3.8, 4) is 0 Å². The van der Waals surface area contributed by atoms with Gasteiger partial charge in [-0.3, -0.25) is 9.59 Å². The van der Waals surface area contributed by atoms with Gasteiger partial charge in [0.2, 0.25) is 5.91 Å². The van der Waals surface area contributed by atoms with Crippen LogP contribution in [0.25, 0.3) is 0 Å². The molecule has 37 heavy (non-hydrogen) atoms. The van der Waals surface area contributed by atoms with E-state index in [-0.39, 0.29) is 42.3 Å². The second-order valence-corrected chi connectivity index (χ2v) is 9.54. The fourth-order valence-corrected chi connectivity index (χ4v) is 4.74. The Morgan fingerprint density at radius 2 is 1.54 bits per heavy atom. The van der Waals surface area contributed by atoms with E-state index in [1.54, 1.807) is 35.4 Å². The molecule has 0 aliphatic rings. The number of hydrogen-bond donors (Lipinski definition) is 1. The molecule has 0 bridgehead atoms. The highest BCUT2D eigenvalue weighted by Gasteiger charge is 2.21. The van der Waals surface area contributed by atoms with Crippen molar-refractivity contribution < 1.29 is 14.0 Å². The molecule has 3 aromatic carbocycles. The van der Waals surface area contributed by atoms with Crippen molar-refractivity contribution in [2.24, 2.45) is 0 Å². The maximum atomic E-state index is 13.3. The third-order valence-electron chi connectivity index (χ3n) is 6.14. The second-order valence-electron chi connectivity index (χ2n) is 8.69. The lowest BCUT2D eigenvalue weighted by atomic mass is 9.88. The van der Waals surface area contributed by atoms with Gasteiger partial charge in [-0.1, -0.05) is 83.9 Å². The van der Waals surface area contributed by atoms with E-state index in [0.29, 0.717) is 22.9 Å². The zero-order valence-electron chi connectivity index (χ0n) is 20.3. The maximum absolute atomic E-state index is 13.3. The van der Waals surface area contributed by atoms with E-state index in [0.717, 1.165) is 6.42 Å². The molecule has 1 aromatic heterocycles. The lowest BCUT2D eigenvalue weighted by Crippen LogP contribution is -2.35. The highest BCUT2D eigenvalue weighted by atomic mass is 35.5. The van der Waals surface area contributed by atoms with Crippen LogP contribution >= 0.6 is 23.2 Å². The minimum atomic E-state index is -0.293. The van der Waals surface area contributed by atoms with Crippen LogP contribution in [0.2, 0.25) is 10.0 Å². The molecule has 1 heterocycles. The van der Waals surface area contributed by atoms with Crippen molar-refractivity contribution in [1.82, 2.24) is 10.2 Å². The number of nitrogens with one attached hydrogen (secondary N) is 1. The number of benzene rings is 3. The third-order valence-corrected chi connectivity index (χ3v) is 6.69. The molecule has 0 atom stereocenters. The molecule has 4 aromatic rings. The number of carbonyl (C=O) groups is 2. The van der Waals surface area contributed by atoms with Gasteiger partial charge in [0.05, 0.1) is 23.4 Å².